The van der Waals surface area contributed by atoms with Crippen molar-refractivity contribution in [3.05, 3.63) is 41.5 Å². The summed E-state index contributed by atoms with van der Waals surface area (Å²) in [5, 5.41) is 8.63. The molecule has 0 aliphatic carbocycles. The lowest BCUT2D eigenvalue weighted by atomic mass is 10.1. The number of hydrogen-bond donors (Lipinski definition) is 0. The van der Waals surface area contributed by atoms with Crippen LogP contribution in [-0.2, 0) is 12.8 Å². The lowest BCUT2D eigenvalue weighted by Crippen LogP contribution is -2.26. The van der Waals surface area contributed by atoms with Crippen molar-refractivity contribution < 1.29 is 0 Å². The summed E-state index contributed by atoms with van der Waals surface area (Å²) in [6.45, 7) is 6.35. The highest BCUT2D eigenvalue weighted by Crippen LogP contribution is 2.25. The van der Waals surface area contributed by atoms with Crippen LogP contribution in [0.15, 0.2) is 24.5 Å². The van der Waals surface area contributed by atoms with Crippen LogP contribution < -0.4 is 4.90 Å². The Balaban J connectivity index is 2.31. The van der Waals surface area contributed by atoms with Gasteiger partial charge in [-0.3, -0.25) is 4.98 Å². The van der Waals surface area contributed by atoms with Crippen molar-refractivity contribution in [3.8, 4) is 0 Å². The maximum absolute atomic E-state index is 4.69. The summed E-state index contributed by atoms with van der Waals surface area (Å²) in [5.41, 5.74) is 3.25. The minimum atomic E-state index is 0.229. The van der Waals surface area contributed by atoms with E-state index in [-0.39, 0.29) is 6.04 Å². The molecule has 2 heterocycles. The molecule has 2 aromatic rings. The molecule has 0 aliphatic rings. The SMILES string of the molecule is CCc1nnc(N(C)C(CC)c2ccncc2)nc1CC. The van der Waals surface area contributed by atoms with Crippen molar-refractivity contribution in [2.45, 2.75) is 46.1 Å². The molecule has 1 unspecified atom stereocenters. The van der Waals surface area contributed by atoms with Gasteiger partial charge in [-0.05, 0) is 37.0 Å². The molecular formula is C16H23N5. The number of hydrogen-bond acceptors (Lipinski definition) is 5. The monoisotopic (exact) mass is 285 g/mol. The number of aryl methyl sites for hydroxylation is 2. The van der Waals surface area contributed by atoms with E-state index in [4.69, 9.17) is 4.98 Å². The molecular weight excluding hydrogens is 262 g/mol. The normalized spacial score (nSPS) is 12.2. The van der Waals surface area contributed by atoms with Gasteiger partial charge in [-0.25, -0.2) is 4.98 Å². The van der Waals surface area contributed by atoms with Crippen LogP contribution in [0.1, 0.15) is 50.2 Å². The van der Waals surface area contributed by atoms with Crippen molar-refractivity contribution in [2.24, 2.45) is 0 Å². The third-order valence-electron chi connectivity index (χ3n) is 3.76. The number of anilines is 1. The molecule has 5 nitrogen and oxygen atoms in total. The minimum absolute atomic E-state index is 0.229. The first-order chi connectivity index (χ1) is 10.2. The molecule has 0 aliphatic heterocycles. The fourth-order valence-electron chi connectivity index (χ4n) is 2.54. The van der Waals surface area contributed by atoms with Crippen molar-refractivity contribution in [1.29, 1.82) is 0 Å². The summed E-state index contributed by atoms with van der Waals surface area (Å²) < 4.78 is 0. The van der Waals surface area contributed by atoms with Gasteiger partial charge >= 0.3 is 0 Å². The van der Waals surface area contributed by atoms with Crippen molar-refractivity contribution in [2.75, 3.05) is 11.9 Å². The second-order valence-corrected chi connectivity index (χ2v) is 5.03. The van der Waals surface area contributed by atoms with Gasteiger partial charge in [0.1, 0.15) is 0 Å². The van der Waals surface area contributed by atoms with Gasteiger partial charge in [0, 0.05) is 19.4 Å². The van der Waals surface area contributed by atoms with Crippen molar-refractivity contribution >= 4 is 5.95 Å². The minimum Gasteiger partial charge on any atom is -0.336 e. The van der Waals surface area contributed by atoms with Gasteiger partial charge in [-0.15, -0.1) is 5.10 Å². The Morgan fingerprint density at radius 2 is 1.67 bits per heavy atom. The predicted molar refractivity (Wildman–Crippen MR) is 84.3 cm³/mol. The fourth-order valence-corrected chi connectivity index (χ4v) is 2.54. The first-order valence-corrected chi connectivity index (χ1v) is 7.56. The highest BCUT2D eigenvalue weighted by atomic mass is 15.3. The highest BCUT2D eigenvalue weighted by molar-refractivity contribution is 5.35. The van der Waals surface area contributed by atoms with E-state index in [0.717, 1.165) is 30.7 Å². The summed E-state index contributed by atoms with van der Waals surface area (Å²) in [6, 6.07) is 4.31. The van der Waals surface area contributed by atoms with Crippen LogP contribution >= 0.6 is 0 Å². The molecule has 0 aromatic carbocycles. The van der Waals surface area contributed by atoms with E-state index in [9.17, 15) is 0 Å². The zero-order valence-electron chi connectivity index (χ0n) is 13.2. The first kappa shape index (κ1) is 15.4. The molecule has 21 heavy (non-hydrogen) atoms. The van der Waals surface area contributed by atoms with Crippen LogP contribution in [0.25, 0.3) is 0 Å². The van der Waals surface area contributed by atoms with Gasteiger partial charge in [0.05, 0.1) is 17.4 Å². The molecule has 0 spiro atoms. The van der Waals surface area contributed by atoms with E-state index in [1.807, 2.05) is 31.6 Å². The Morgan fingerprint density at radius 1 is 1.00 bits per heavy atom. The van der Waals surface area contributed by atoms with Gasteiger partial charge in [-0.2, -0.15) is 5.10 Å². The van der Waals surface area contributed by atoms with Gasteiger partial charge in [0.15, 0.2) is 0 Å². The second-order valence-electron chi connectivity index (χ2n) is 5.03. The van der Waals surface area contributed by atoms with E-state index in [2.05, 4.69) is 40.9 Å². The number of nitrogens with zero attached hydrogens (tertiary/aromatic N) is 5. The Kier molecular flexibility index (Phi) is 5.20. The Hall–Kier alpha value is -2.04. The molecule has 5 heteroatoms. The molecule has 0 saturated carbocycles. The zero-order valence-corrected chi connectivity index (χ0v) is 13.2. The van der Waals surface area contributed by atoms with E-state index in [1.54, 1.807) is 0 Å². The standard InChI is InChI=1S/C16H23N5/c1-5-13-14(6-2)19-20-16(18-13)21(4)15(7-3)12-8-10-17-11-9-12/h8-11,15H,5-7H2,1-4H3. The summed E-state index contributed by atoms with van der Waals surface area (Å²) in [7, 11) is 2.02. The smallest absolute Gasteiger partial charge is 0.245 e. The summed E-state index contributed by atoms with van der Waals surface area (Å²) in [6.07, 6.45) is 6.37. The number of rotatable bonds is 6. The summed E-state index contributed by atoms with van der Waals surface area (Å²) in [4.78, 5) is 10.9. The van der Waals surface area contributed by atoms with Crippen LogP contribution in [0.4, 0.5) is 5.95 Å². The topological polar surface area (TPSA) is 54.8 Å². The Morgan fingerprint density at radius 3 is 2.24 bits per heavy atom. The quantitative estimate of drug-likeness (QED) is 0.816. The zero-order chi connectivity index (χ0) is 15.2. The van der Waals surface area contributed by atoms with E-state index in [1.165, 1.54) is 5.56 Å². The average Bonchev–Trinajstić information content (AvgIpc) is 2.55. The van der Waals surface area contributed by atoms with Crippen LogP contribution in [0.2, 0.25) is 0 Å². The molecule has 2 rings (SSSR count). The predicted octanol–water partition coefficient (Wildman–Crippen LogP) is 2.98. The molecule has 0 fully saturated rings. The molecule has 2 aromatic heterocycles. The van der Waals surface area contributed by atoms with Gasteiger partial charge in [0.25, 0.3) is 0 Å². The molecule has 112 valence electrons. The average molecular weight is 285 g/mol. The molecule has 0 N–H and O–H groups in total. The second kappa shape index (κ2) is 7.11. The van der Waals surface area contributed by atoms with Crippen molar-refractivity contribution in [1.82, 2.24) is 20.2 Å². The number of aromatic nitrogens is 4. The summed E-state index contributed by atoms with van der Waals surface area (Å²) >= 11 is 0. The van der Waals surface area contributed by atoms with E-state index in [0.29, 0.717) is 5.95 Å². The molecule has 0 bridgehead atoms. The molecule has 0 amide bonds. The van der Waals surface area contributed by atoms with Crippen LogP contribution in [0.3, 0.4) is 0 Å². The van der Waals surface area contributed by atoms with Gasteiger partial charge < -0.3 is 4.90 Å². The Labute approximate surface area is 126 Å². The lowest BCUT2D eigenvalue weighted by Gasteiger charge is -2.27. The maximum Gasteiger partial charge on any atom is 0.245 e. The fraction of sp³-hybridized carbons (Fsp3) is 0.500. The largest absolute Gasteiger partial charge is 0.336 e. The van der Waals surface area contributed by atoms with E-state index >= 15 is 0 Å². The van der Waals surface area contributed by atoms with Crippen LogP contribution in [0, 0.1) is 0 Å². The molecule has 1 atom stereocenters. The van der Waals surface area contributed by atoms with Gasteiger partial charge in [-0.1, -0.05) is 20.8 Å². The van der Waals surface area contributed by atoms with Crippen LogP contribution in [-0.4, -0.2) is 27.2 Å². The van der Waals surface area contributed by atoms with E-state index < -0.39 is 0 Å². The van der Waals surface area contributed by atoms with Crippen molar-refractivity contribution in [3.63, 3.8) is 0 Å². The third kappa shape index (κ3) is 3.35. The molecule has 0 radical (unpaired) electrons. The third-order valence-corrected chi connectivity index (χ3v) is 3.76. The Bertz CT molecular complexity index is 570. The maximum atomic E-state index is 4.69. The lowest BCUT2D eigenvalue weighted by molar-refractivity contribution is 0.621. The highest BCUT2D eigenvalue weighted by Gasteiger charge is 2.19. The first-order valence-electron chi connectivity index (χ1n) is 7.56. The van der Waals surface area contributed by atoms with Gasteiger partial charge in [0.2, 0.25) is 5.95 Å². The number of pyridine rings is 1. The summed E-state index contributed by atoms with van der Waals surface area (Å²) in [5.74, 6) is 0.688. The molecule has 0 saturated heterocycles. The van der Waals surface area contributed by atoms with Crippen LogP contribution in [0.5, 0.6) is 0 Å².